The van der Waals surface area contributed by atoms with E-state index < -0.39 is 16.1 Å². The van der Waals surface area contributed by atoms with Crippen LogP contribution in [-0.2, 0) is 28.0 Å². The molecule has 0 unspecified atom stereocenters. The zero-order chi connectivity index (χ0) is 23.5. The molecule has 1 N–H and O–H groups in total. The summed E-state index contributed by atoms with van der Waals surface area (Å²) in [5.41, 5.74) is 2.49. The molecule has 0 aliphatic carbocycles. The fourth-order valence-electron chi connectivity index (χ4n) is 4.08. The van der Waals surface area contributed by atoms with Gasteiger partial charge in [0, 0.05) is 24.5 Å². The third-order valence-corrected chi connectivity index (χ3v) is 8.32. The molecule has 5 rings (SSSR count). The van der Waals surface area contributed by atoms with E-state index in [2.05, 4.69) is 5.32 Å². The first-order valence-corrected chi connectivity index (χ1v) is 13.4. The van der Waals surface area contributed by atoms with Crippen molar-refractivity contribution in [3.63, 3.8) is 0 Å². The lowest BCUT2D eigenvalue weighted by Crippen LogP contribution is -2.45. The minimum absolute atomic E-state index is 0.135. The van der Waals surface area contributed by atoms with Crippen LogP contribution < -0.4 is 10.1 Å². The van der Waals surface area contributed by atoms with Gasteiger partial charge in [0.2, 0.25) is 11.0 Å². The van der Waals surface area contributed by atoms with Gasteiger partial charge >= 0.3 is 0 Å². The SMILES string of the molecule is O=C(NCc1cccc(OCc2ccsc2)c1)[C@@H]1CCCN1S(=O)(=O)c1cc2ccccc2o1. The maximum absolute atomic E-state index is 13.2. The molecule has 0 bridgehead atoms. The molecule has 3 heterocycles. The molecule has 2 aromatic carbocycles. The van der Waals surface area contributed by atoms with Crippen LogP contribution in [0, 0.1) is 0 Å². The van der Waals surface area contributed by atoms with Crippen LogP contribution in [0.4, 0.5) is 0 Å². The largest absolute Gasteiger partial charge is 0.489 e. The number of fused-ring (bicyclic) bond motifs is 1. The normalized spacial score (nSPS) is 16.6. The summed E-state index contributed by atoms with van der Waals surface area (Å²) in [6.07, 6.45) is 1.08. The number of hydrogen-bond acceptors (Lipinski definition) is 6. The second-order valence-electron chi connectivity index (χ2n) is 8.16. The van der Waals surface area contributed by atoms with Gasteiger partial charge in [-0.05, 0) is 59.0 Å². The van der Waals surface area contributed by atoms with Gasteiger partial charge in [-0.15, -0.1) is 0 Å². The number of sulfonamides is 1. The molecular formula is C25H24N2O5S2. The minimum atomic E-state index is -3.93. The Morgan fingerprint density at radius 1 is 1.12 bits per heavy atom. The number of para-hydroxylation sites is 1. The Bertz CT molecular complexity index is 1360. The number of nitrogens with zero attached hydrogens (tertiary/aromatic N) is 1. The quantitative estimate of drug-likeness (QED) is 0.387. The smallest absolute Gasteiger partial charge is 0.277 e. The highest BCUT2D eigenvalue weighted by Crippen LogP contribution is 2.30. The van der Waals surface area contributed by atoms with E-state index in [4.69, 9.17) is 9.15 Å². The summed E-state index contributed by atoms with van der Waals surface area (Å²) < 4.78 is 39.2. The molecule has 0 spiro atoms. The molecule has 0 radical (unpaired) electrons. The predicted molar refractivity (Wildman–Crippen MR) is 130 cm³/mol. The van der Waals surface area contributed by atoms with Crippen LogP contribution in [0.3, 0.4) is 0 Å². The first kappa shape index (κ1) is 22.6. The molecule has 1 saturated heterocycles. The summed E-state index contributed by atoms with van der Waals surface area (Å²) in [6, 6.07) is 17.4. The standard InChI is InChI=1S/C25H24N2O5S2/c28-25(26-15-18-5-3-7-21(13-18)31-16-19-10-12-33-17-19)22-8-4-11-27(22)34(29,30)24-14-20-6-1-2-9-23(20)32-24/h1-3,5-7,9-10,12-14,17,22H,4,8,11,15-16H2,(H,26,28)/t22-/m0/s1. The van der Waals surface area contributed by atoms with Crippen LogP contribution in [0.2, 0.25) is 0 Å². The summed E-state index contributed by atoms with van der Waals surface area (Å²) >= 11 is 1.62. The van der Waals surface area contributed by atoms with Gasteiger partial charge < -0.3 is 14.5 Å². The van der Waals surface area contributed by atoms with E-state index in [9.17, 15) is 13.2 Å². The van der Waals surface area contributed by atoms with Gasteiger partial charge in [0.1, 0.15) is 24.0 Å². The van der Waals surface area contributed by atoms with Gasteiger partial charge in [0.05, 0.1) is 0 Å². The molecule has 1 fully saturated rings. The summed E-state index contributed by atoms with van der Waals surface area (Å²) in [4.78, 5) is 13.0. The Kier molecular flexibility index (Phi) is 6.40. The lowest BCUT2D eigenvalue weighted by atomic mass is 10.2. The third-order valence-electron chi connectivity index (χ3n) is 5.82. The minimum Gasteiger partial charge on any atom is -0.489 e. The molecular weight excluding hydrogens is 472 g/mol. The van der Waals surface area contributed by atoms with Crippen molar-refractivity contribution in [3.8, 4) is 5.75 Å². The Balaban J connectivity index is 1.24. The van der Waals surface area contributed by atoms with E-state index in [0.29, 0.717) is 36.2 Å². The van der Waals surface area contributed by atoms with Crippen LogP contribution in [0.15, 0.2) is 80.9 Å². The fraction of sp³-hybridized carbons (Fsp3) is 0.240. The molecule has 176 valence electrons. The van der Waals surface area contributed by atoms with Gasteiger partial charge in [-0.25, -0.2) is 8.42 Å². The van der Waals surface area contributed by atoms with Crippen molar-refractivity contribution in [2.24, 2.45) is 0 Å². The molecule has 1 aliphatic heterocycles. The molecule has 34 heavy (non-hydrogen) atoms. The summed E-state index contributed by atoms with van der Waals surface area (Å²) in [7, 11) is -3.93. The highest BCUT2D eigenvalue weighted by atomic mass is 32.2. The van der Waals surface area contributed by atoms with Crippen molar-refractivity contribution >= 4 is 38.2 Å². The van der Waals surface area contributed by atoms with E-state index >= 15 is 0 Å². The van der Waals surface area contributed by atoms with Crippen LogP contribution >= 0.6 is 11.3 Å². The maximum Gasteiger partial charge on any atom is 0.277 e. The Labute approximate surface area is 202 Å². The number of ether oxygens (including phenoxy) is 1. The van der Waals surface area contributed by atoms with Crippen molar-refractivity contribution < 1.29 is 22.4 Å². The number of benzene rings is 2. The number of furan rings is 1. The van der Waals surface area contributed by atoms with E-state index in [1.165, 1.54) is 10.4 Å². The van der Waals surface area contributed by atoms with Crippen LogP contribution in [-0.4, -0.2) is 31.2 Å². The number of rotatable bonds is 8. The summed E-state index contributed by atoms with van der Waals surface area (Å²) in [5.74, 6) is 0.398. The van der Waals surface area contributed by atoms with Crippen molar-refractivity contribution in [2.45, 2.75) is 37.1 Å². The predicted octanol–water partition coefficient (Wildman–Crippen LogP) is 4.54. The first-order valence-electron chi connectivity index (χ1n) is 11.0. The van der Waals surface area contributed by atoms with Crippen LogP contribution in [0.25, 0.3) is 11.0 Å². The van der Waals surface area contributed by atoms with E-state index in [1.54, 1.807) is 29.5 Å². The highest BCUT2D eigenvalue weighted by molar-refractivity contribution is 7.89. The topological polar surface area (TPSA) is 88.9 Å². The van der Waals surface area contributed by atoms with Gasteiger partial charge in [-0.2, -0.15) is 15.6 Å². The van der Waals surface area contributed by atoms with Gasteiger partial charge in [0.15, 0.2) is 0 Å². The molecule has 7 nitrogen and oxygen atoms in total. The first-order chi connectivity index (χ1) is 16.5. The average Bonchev–Trinajstić information content (AvgIpc) is 3.61. The van der Waals surface area contributed by atoms with Gasteiger partial charge in [-0.3, -0.25) is 4.79 Å². The molecule has 4 aromatic rings. The van der Waals surface area contributed by atoms with E-state index in [0.717, 1.165) is 11.1 Å². The number of carbonyl (C=O) groups excluding carboxylic acids is 1. The number of hydrogen-bond donors (Lipinski definition) is 1. The molecule has 1 atom stereocenters. The third kappa shape index (κ3) is 4.72. The maximum atomic E-state index is 13.2. The lowest BCUT2D eigenvalue weighted by molar-refractivity contribution is -0.124. The average molecular weight is 497 g/mol. The van der Waals surface area contributed by atoms with Crippen molar-refractivity contribution in [2.75, 3.05) is 6.54 Å². The molecule has 1 amide bonds. The zero-order valence-electron chi connectivity index (χ0n) is 18.3. The van der Waals surface area contributed by atoms with Crippen molar-refractivity contribution in [1.29, 1.82) is 0 Å². The van der Waals surface area contributed by atoms with Gasteiger partial charge in [-0.1, -0.05) is 30.3 Å². The monoisotopic (exact) mass is 496 g/mol. The summed E-state index contributed by atoms with van der Waals surface area (Å²) in [6.45, 7) is 1.04. The van der Waals surface area contributed by atoms with E-state index in [-0.39, 0.29) is 24.1 Å². The van der Waals surface area contributed by atoms with Crippen molar-refractivity contribution in [1.82, 2.24) is 9.62 Å². The molecule has 0 saturated carbocycles. The number of nitrogens with one attached hydrogen (secondary N) is 1. The van der Waals surface area contributed by atoms with Gasteiger partial charge in [0.25, 0.3) is 10.0 Å². The Morgan fingerprint density at radius 3 is 2.82 bits per heavy atom. The highest BCUT2D eigenvalue weighted by Gasteiger charge is 2.41. The lowest BCUT2D eigenvalue weighted by Gasteiger charge is -2.22. The van der Waals surface area contributed by atoms with Crippen LogP contribution in [0.5, 0.6) is 5.75 Å². The molecule has 2 aromatic heterocycles. The number of thiophene rings is 1. The van der Waals surface area contributed by atoms with Crippen molar-refractivity contribution in [3.05, 3.63) is 82.6 Å². The van der Waals surface area contributed by atoms with E-state index in [1.807, 2.05) is 47.2 Å². The zero-order valence-corrected chi connectivity index (χ0v) is 20.0. The van der Waals surface area contributed by atoms with Crippen LogP contribution in [0.1, 0.15) is 24.0 Å². The summed E-state index contributed by atoms with van der Waals surface area (Å²) in [5, 5.41) is 7.51. The Morgan fingerprint density at radius 2 is 2.00 bits per heavy atom. The fourth-order valence-corrected chi connectivity index (χ4v) is 6.34. The Hall–Kier alpha value is -3.14. The second kappa shape index (κ2) is 9.61. The second-order valence-corrected chi connectivity index (χ2v) is 10.8. The molecule has 1 aliphatic rings. The number of carbonyl (C=O) groups is 1. The number of amides is 1. The molecule has 9 heteroatoms.